The zero-order valence-corrected chi connectivity index (χ0v) is 16.9. The van der Waals surface area contributed by atoms with Gasteiger partial charge < -0.3 is 19.5 Å². The van der Waals surface area contributed by atoms with Crippen molar-refractivity contribution in [3.63, 3.8) is 0 Å². The average molecular weight is 418 g/mol. The van der Waals surface area contributed by atoms with Crippen LogP contribution in [-0.4, -0.2) is 20.8 Å². The van der Waals surface area contributed by atoms with Crippen LogP contribution in [0.2, 0.25) is 0 Å². The molecule has 1 saturated heterocycles. The molecule has 26 heavy (non-hydrogen) atoms. The monoisotopic (exact) mass is 417 g/mol. The van der Waals surface area contributed by atoms with Gasteiger partial charge in [-0.15, -0.1) is 0 Å². The molecule has 2 aromatic rings. The van der Waals surface area contributed by atoms with E-state index in [-0.39, 0.29) is 12.1 Å². The number of halogens is 1. The van der Waals surface area contributed by atoms with E-state index in [1.165, 1.54) is 16.7 Å². The van der Waals surface area contributed by atoms with E-state index in [0.717, 1.165) is 41.1 Å². The lowest BCUT2D eigenvalue weighted by atomic mass is 9.77. The molecule has 4 rings (SSSR count). The van der Waals surface area contributed by atoms with Crippen molar-refractivity contribution < 1.29 is 14.2 Å². The number of hydrogen-bond acceptors (Lipinski definition) is 4. The van der Waals surface area contributed by atoms with E-state index < -0.39 is 0 Å². The van der Waals surface area contributed by atoms with Crippen LogP contribution in [-0.2, 0) is 4.74 Å². The SMILES string of the molecule is COc1cc([C@@H]2Nc3ccc(C)cc3[C@H]3OCCC[C@H]32)cc(Br)c1OC. The number of fused-ring (bicyclic) bond motifs is 3. The lowest BCUT2D eigenvalue weighted by Gasteiger charge is -2.43. The third-order valence-corrected chi connectivity index (χ3v) is 6.02. The molecular formula is C21H24BrNO3. The predicted octanol–water partition coefficient (Wildman–Crippen LogP) is 5.41. The summed E-state index contributed by atoms with van der Waals surface area (Å²) >= 11 is 3.63. The van der Waals surface area contributed by atoms with Crippen molar-refractivity contribution in [3.05, 3.63) is 51.5 Å². The minimum absolute atomic E-state index is 0.136. The molecule has 2 aliphatic rings. The molecule has 0 bridgehead atoms. The van der Waals surface area contributed by atoms with Gasteiger partial charge in [0.05, 0.1) is 30.8 Å². The predicted molar refractivity (Wildman–Crippen MR) is 106 cm³/mol. The van der Waals surface area contributed by atoms with E-state index in [4.69, 9.17) is 14.2 Å². The molecule has 0 saturated carbocycles. The van der Waals surface area contributed by atoms with Gasteiger partial charge in [-0.3, -0.25) is 0 Å². The first-order valence-corrected chi connectivity index (χ1v) is 9.81. The highest BCUT2D eigenvalue weighted by Crippen LogP contribution is 2.50. The van der Waals surface area contributed by atoms with E-state index in [0.29, 0.717) is 5.92 Å². The largest absolute Gasteiger partial charge is 0.493 e. The Morgan fingerprint density at radius 3 is 2.77 bits per heavy atom. The molecule has 1 fully saturated rings. The van der Waals surface area contributed by atoms with Crippen LogP contribution in [0.1, 0.15) is 41.7 Å². The Morgan fingerprint density at radius 1 is 1.15 bits per heavy atom. The summed E-state index contributed by atoms with van der Waals surface area (Å²) in [6, 6.07) is 11.0. The van der Waals surface area contributed by atoms with E-state index in [1.807, 2.05) is 0 Å². The molecule has 138 valence electrons. The third kappa shape index (κ3) is 2.97. The molecule has 0 spiro atoms. The second kappa shape index (κ2) is 7.12. The highest BCUT2D eigenvalue weighted by Gasteiger charge is 2.40. The van der Waals surface area contributed by atoms with Crippen molar-refractivity contribution in [1.82, 2.24) is 0 Å². The molecule has 1 N–H and O–H groups in total. The molecule has 0 unspecified atom stereocenters. The van der Waals surface area contributed by atoms with Crippen molar-refractivity contribution in [3.8, 4) is 11.5 Å². The number of benzene rings is 2. The Balaban J connectivity index is 1.79. The molecule has 0 radical (unpaired) electrons. The first kappa shape index (κ1) is 17.7. The number of ether oxygens (including phenoxy) is 3. The molecule has 4 nitrogen and oxygen atoms in total. The topological polar surface area (TPSA) is 39.7 Å². The standard InChI is InChI=1S/C21H24BrNO3/c1-12-6-7-17-15(9-12)20-14(5-4-8-26-20)19(23-17)13-10-16(22)21(25-3)18(11-13)24-2/h6-7,9-11,14,19-20,23H,4-5,8H2,1-3H3/t14-,19-,20-/m0/s1. The fourth-order valence-corrected chi connectivity index (χ4v) is 4.86. The van der Waals surface area contributed by atoms with Gasteiger partial charge >= 0.3 is 0 Å². The van der Waals surface area contributed by atoms with Crippen molar-refractivity contribution in [1.29, 1.82) is 0 Å². The Morgan fingerprint density at radius 2 is 2.00 bits per heavy atom. The maximum absolute atomic E-state index is 6.24. The van der Waals surface area contributed by atoms with E-state index >= 15 is 0 Å². The first-order valence-electron chi connectivity index (χ1n) is 9.02. The third-order valence-electron chi connectivity index (χ3n) is 5.44. The second-order valence-electron chi connectivity index (χ2n) is 7.05. The van der Waals surface area contributed by atoms with Gasteiger partial charge in [-0.2, -0.15) is 0 Å². The van der Waals surface area contributed by atoms with Gasteiger partial charge in [-0.05, 0) is 59.5 Å². The number of rotatable bonds is 3. The van der Waals surface area contributed by atoms with Gasteiger partial charge in [0, 0.05) is 23.8 Å². The minimum Gasteiger partial charge on any atom is -0.493 e. The molecule has 2 heterocycles. The Labute approximate surface area is 163 Å². The van der Waals surface area contributed by atoms with Gasteiger partial charge in [0.1, 0.15) is 0 Å². The van der Waals surface area contributed by atoms with Gasteiger partial charge in [-0.25, -0.2) is 0 Å². The van der Waals surface area contributed by atoms with Crippen LogP contribution in [0.4, 0.5) is 5.69 Å². The number of nitrogens with one attached hydrogen (secondary N) is 1. The number of aryl methyl sites for hydroxylation is 1. The molecular weight excluding hydrogens is 394 g/mol. The fraction of sp³-hybridized carbons (Fsp3) is 0.429. The lowest BCUT2D eigenvalue weighted by molar-refractivity contribution is -0.0381. The van der Waals surface area contributed by atoms with Crippen LogP contribution in [0.3, 0.4) is 0 Å². The van der Waals surface area contributed by atoms with Gasteiger partial charge in [0.15, 0.2) is 11.5 Å². The van der Waals surface area contributed by atoms with Crippen LogP contribution in [0.5, 0.6) is 11.5 Å². The summed E-state index contributed by atoms with van der Waals surface area (Å²) in [5, 5.41) is 3.76. The highest BCUT2D eigenvalue weighted by atomic mass is 79.9. The average Bonchev–Trinajstić information content (AvgIpc) is 2.66. The quantitative estimate of drug-likeness (QED) is 0.724. The number of anilines is 1. The minimum atomic E-state index is 0.136. The summed E-state index contributed by atoms with van der Waals surface area (Å²) in [5.74, 6) is 1.85. The summed E-state index contributed by atoms with van der Waals surface area (Å²) in [4.78, 5) is 0. The molecule has 5 heteroatoms. The van der Waals surface area contributed by atoms with Gasteiger partial charge in [0.2, 0.25) is 0 Å². The molecule has 2 aromatic carbocycles. The van der Waals surface area contributed by atoms with Crippen LogP contribution >= 0.6 is 15.9 Å². The molecule has 0 aromatic heterocycles. The van der Waals surface area contributed by atoms with E-state index in [9.17, 15) is 0 Å². The Bertz CT molecular complexity index is 823. The molecule has 2 aliphatic heterocycles. The van der Waals surface area contributed by atoms with Crippen LogP contribution in [0.25, 0.3) is 0 Å². The van der Waals surface area contributed by atoms with Crippen LogP contribution < -0.4 is 14.8 Å². The summed E-state index contributed by atoms with van der Waals surface area (Å²) in [6.07, 6.45) is 2.37. The van der Waals surface area contributed by atoms with E-state index in [2.05, 4.69) is 58.5 Å². The summed E-state index contributed by atoms with van der Waals surface area (Å²) in [6.45, 7) is 2.96. The van der Waals surface area contributed by atoms with Crippen molar-refractivity contribution in [2.24, 2.45) is 5.92 Å². The Kier molecular flexibility index (Phi) is 4.84. The molecule has 3 atom stereocenters. The fourth-order valence-electron chi connectivity index (χ4n) is 4.24. The Hall–Kier alpha value is -1.72. The summed E-state index contributed by atoms with van der Waals surface area (Å²) in [7, 11) is 3.33. The smallest absolute Gasteiger partial charge is 0.174 e. The van der Waals surface area contributed by atoms with Gasteiger partial charge in [-0.1, -0.05) is 17.7 Å². The maximum atomic E-state index is 6.24. The molecule has 0 aliphatic carbocycles. The van der Waals surface area contributed by atoms with Crippen molar-refractivity contribution >= 4 is 21.6 Å². The van der Waals surface area contributed by atoms with Crippen molar-refractivity contribution in [2.45, 2.75) is 31.9 Å². The van der Waals surface area contributed by atoms with Gasteiger partial charge in [0.25, 0.3) is 0 Å². The lowest BCUT2D eigenvalue weighted by Crippen LogP contribution is -2.36. The zero-order chi connectivity index (χ0) is 18.3. The summed E-state index contributed by atoms with van der Waals surface area (Å²) < 4.78 is 18.2. The summed E-state index contributed by atoms with van der Waals surface area (Å²) in [5.41, 5.74) is 4.90. The zero-order valence-electron chi connectivity index (χ0n) is 15.3. The molecule has 0 amide bonds. The van der Waals surface area contributed by atoms with Crippen LogP contribution in [0, 0.1) is 12.8 Å². The van der Waals surface area contributed by atoms with Crippen molar-refractivity contribution in [2.75, 3.05) is 26.1 Å². The number of hydrogen-bond donors (Lipinski definition) is 1. The second-order valence-corrected chi connectivity index (χ2v) is 7.90. The number of methoxy groups -OCH3 is 2. The van der Waals surface area contributed by atoms with E-state index in [1.54, 1.807) is 14.2 Å². The highest BCUT2D eigenvalue weighted by molar-refractivity contribution is 9.10. The maximum Gasteiger partial charge on any atom is 0.174 e. The van der Waals surface area contributed by atoms with Crippen LogP contribution in [0.15, 0.2) is 34.8 Å². The first-order chi connectivity index (χ1) is 12.6. The normalized spacial score (nSPS) is 24.2.